The Bertz CT molecular complexity index is 765. The van der Waals surface area contributed by atoms with Gasteiger partial charge in [-0.15, -0.1) is 0 Å². The summed E-state index contributed by atoms with van der Waals surface area (Å²) in [6.45, 7) is 0.595. The van der Waals surface area contributed by atoms with Crippen LogP contribution in [0.2, 0.25) is 0 Å². The molecule has 0 amide bonds. The van der Waals surface area contributed by atoms with Crippen molar-refractivity contribution in [2.75, 3.05) is 0 Å². The first-order valence-electron chi connectivity index (χ1n) is 6.26. The van der Waals surface area contributed by atoms with E-state index in [1.165, 1.54) is 6.07 Å². The van der Waals surface area contributed by atoms with E-state index < -0.39 is 11.6 Å². The molecular formula is C15H13F2N3. The van der Waals surface area contributed by atoms with Gasteiger partial charge in [0.25, 0.3) is 0 Å². The molecule has 0 spiro atoms. The summed E-state index contributed by atoms with van der Waals surface area (Å²) >= 11 is 0. The van der Waals surface area contributed by atoms with Gasteiger partial charge in [-0.2, -0.15) is 0 Å². The zero-order valence-corrected chi connectivity index (χ0v) is 10.7. The largest absolute Gasteiger partial charge is 0.328 e. The average Bonchev–Trinajstić information content (AvgIpc) is 2.81. The van der Waals surface area contributed by atoms with E-state index >= 15 is 0 Å². The normalized spacial score (nSPS) is 11.2. The third kappa shape index (κ3) is 2.16. The average molecular weight is 273 g/mol. The first-order valence-corrected chi connectivity index (χ1v) is 6.26. The van der Waals surface area contributed by atoms with Crippen LogP contribution in [0.5, 0.6) is 0 Å². The maximum atomic E-state index is 13.7. The van der Waals surface area contributed by atoms with Crippen molar-refractivity contribution >= 4 is 11.0 Å². The number of halogens is 2. The summed E-state index contributed by atoms with van der Waals surface area (Å²) < 4.78 is 28.7. The zero-order chi connectivity index (χ0) is 14.1. The van der Waals surface area contributed by atoms with Gasteiger partial charge in [-0.25, -0.2) is 13.8 Å². The third-order valence-electron chi connectivity index (χ3n) is 3.28. The van der Waals surface area contributed by atoms with Crippen LogP contribution in [0.3, 0.4) is 0 Å². The second kappa shape index (κ2) is 5.02. The highest BCUT2D eigenvalue weighted by Crippen LogP contribution is 2.21. The number of rotatable bonds is 3. The summed E-state index contributed by atoms with van der Waals surface area (Å²) in [5.74, 6) is -0.886. The minimum atomic E-state index is -0.454. The molecule has 0 unspecified atom stereocenters. The lowest BCUT2D eigenvalue weighted by atomic mass is 10.2. The van der Waals surface area contributed by atoms with E-state index in [-0.39, 0.29) is 12.1 Å². The van der Waals surface area contributed by atoms with Gasteiger partial charge in [0.2, 0.25) is 0 Å². The molecule has 0 aliphatic rings. The minimum absolute atomic E-state index is 0.219. The van der Waals surface area contributed by atoms with Crippen LogP contribution in [0.25, 0.3) is 11.0 Å². The van der Waals surface area contributed by atoms with E-state index in [0.29, 0.717) is 6.54 Å². The fraction of sp³-hybridized carbons (Fsp3) is 0.133. The number of benzene rings is 1. The van der Waals surface area contributed by atoms with E-state index in [1.807, 2.05) is 18.3 Å². The maximum Gasteiger partial charge on any atom is 0.140 e. The molecule has 0 atom stereocenters. The van der Waals surface area contributed by atoms with Gasteiger partial charge in [0.05, 0.1) is 6.54 Å². The molecule has 3 rings (SSSR count). The summed E-state index contributed by atoms with van der Waals surface area (Å²) in [5.41, 5.74) is 7.64. The molecule has 20 heavy (non-hydrogen) atoms. The molecule has 102 valence electrons. The number of nitrogens with two attached hydrogens (primary N) is 1. The van der Waals surface area contributed by atoms with Gasteiger partial charge in [-0.1, -0.05) is 0 Å². The summed E-state index contributed by atoms with van der Waals surface area (Å²) in [4.78, 5) is 4.29. The Hall–Kier alpha value is -2.27. The van der Waals surface area contributed by atoms with Crippen molar-refractivity contribution in [1.82, 2.24) is 9.55 Å². The standard InChI is InChI=1S/C15H13F2N3/c16-12-3-4-14(17)10(6-12)8-20-9-11(7-18)13-2-1-5-19-15(13)20/h1-6,9H,7-8,18H2. The first-order chi connectivity index (χ1) is 9.69. The smallest absolute Gasteiger partial charge is 0.140 e. The summed E-state index contributed by atoms with van der Waals surface area (Å²) in [6, 6.07) is 7.19. The van der Waals surface area contributed by atoms with Crippen LogP contribution in [-0.2, 0) is 13.1 Å². The summed E-state index contributed by atoms with van der Waals surface area (Å²) in [5, 5.41) is 0.937. The fourth-order valence-electron chi connectivity index (χ4n) is 2.33. The fourth-order valence-corrected chi connectivity index (χ4v) is 2.33. The van der Waals surface area contributed by atoms with E-state index in [2.05, 4.69) is 4.98 Å². The van der Waals surface area contributed by atoms with Gasteiger partial charge in [-0.05, 0) is 35.9 Å². The molecule has 2 aromatic heterocycles. The van der Waals surface area contributed by atoms with Crippen LogP contribution < -0.4 is 5.73 Å². The highest BCUT2D eigenvalue weighted by atomic mass is 19.1. The molecule has 0 aliphatic carbocycles. The van der Waals surface area contributed by atoms with Crippen molar-refractivity contribution in [3.63, 3.8) is 0 Å². The van der Waals surface area contributed by atoms with Crippen molar-refractivity contribution in [3.05, 3.63) is 65.5 Å². The monoisotopic (exact) mass is 273 g/mol. The molecule has 0 saturated heterocycles. The predicted molar refractivity (Wildman–Crippen MR) is 73.1 cm³/mol. The predicted octanol–water partition coefficient (Wildman–Crippen LogP) is 2.82. The molecule has 2 heterocycles. The van der Waals surface area contributed by atoms with Gasteiger partial charge in [0.1, 0.15) is 17.3 Å². The SMILES string of the molecule is NCc1cn(Cc2cc(F)ccc2F)c2ncccc12. The van der Waals surface area contributed by atoms with Crippen LogP contribution in [0, 0.1) is 11.6 Å². The Morgan fingerprint density at radius 2 is 2.00 bits per heavy atom. The number of pyridine rings is 1. The topological polar surface area (TPSA) is 43.8 Å². The quantitative estimate of drug-likeness (QED) is 0.797. The van der Waals surface area contributed by atoms with Crippen LogP contribution in [0.1, 0.15) is 11.1 Å². The maximum absolute atomic E-state index is 13.7. The molecule has 0 saturated carbocycles. The molecule has 2 N–H and O–H groups in total. The molecule has 0 aliphatic heterocycles. The van der Waals surface area contributed by atoms with Gasteiger partial charge in [0.15, 0.2) is 0 Å². The summed E-state index contributed by atoms with van der Waals surface area (Å²) in [7, 11) is 0. The van der Waals surface area contributed by atoms with E-state index in [4.69, 9.17) is 5.73 Å². The number of fused-ring (bicyclic) bond motifs is 1. The Morgan fingerprint density at radius 3 is 2.80 bits per heavy atom. The molecule has 0 bridgehead atoms. The second-order valence-electron chi connectivity index (χ2n) is 4.60. The number of aromatic nitrogens is 2. The highest BCUT2D eigenvalue weighted by molar-refractivity contribution is 5.80. The van der Waals surface area contributed by atoms with Crippen LogP contribution in [0.4, 0.5) is 8.78 Å². The van der Waals surface area contributed by atoms with Crippen LogP contribution >= 0.6 is 0 Å². The van der Waals surface area contributed by atoms with Gasteiger partial charge in [0, 0.05) is 29.9 Å². The molecule has 5 heteroatoms. The zero-order valence-electron chi connectivity index (χ0n) is 10.7. The third-order valence-corrected chi connectivity index (χ3v) is 3.28. The molecule has 3 nitrogen and oxygen atoms in total. The first kappa shape index (κ1) is 12.7. The Labute approximate surface area is 114 Å². The molecular weight excluding hydrogens is 260 g/mol. The Kier molecular flexibility index (Phi) is 3.20. The van der Waals surface area contributed by atoms with E-state index in [1.54, 1.807) is 10.8 Å². The number of nitrogens with zero attached hydrogens (tertiary/aromatic N) is 2. The minimum Gasteiger partial charge on any atom is -0.328 e. The second-order valence-corrected chi connectivity index (χ2v) is 4.60. The van der Waals surface area contributed by atoms with Crippen LogP contribution in [0.15, 0.2) is 42.7 Å². The van der Waals surface area contributed by atoms with Gasteiger partial charge < -0.3 is 10.3 Å². The lowest BCUT2D eigenvalue weighted by molar-refractivity contribution is 0.578. The van der Waals surface area contributed by atoms with Gasteiger partial charge >= 0.3 is 0 Å². The van der Waals surface area contributed by atoms with E-state index in [9.17, 15) is 8.78 Å². The highest BCUT2D eigenvalue weighted by Gasteiger charge is 2.11. The van der Waals surface area contributed by atoms with Gasteiger partial charge in [-0.3, -0.25) is 0 Å². The van der Waals surface area contributed by atoms with Crippen molar-refractivity contribution in [2.45, 2.75) is 13.1 Å². The van der Waals surface area contributed by atoms with Crippen molar-refractivity contribution < 1.29 is 8.78 Å². The van der Waals surface area contributed by atoms with Crippen molar-refractivity contribution in [2.24, 2.45) is 5.73 Å². The molecule has 1 aromatic carbocycles. The summed E-state index contributed by atoms with van der Waals surface area (Å²) in [6.07, 6.45) is 3.50. The van der Waals surface area contributed by atoms with E-state index in [0.717, 1.165) is 28.7 Å². The van der Waals surface area contributed by atoms with Crippen molar-refractivity contribution in [3.8, 4) is 0 Å². The molecule has 0 fully saturated rings. The van der Waals surface area contributed by atoms with Crippen molar-refractivity contribution in [1.29, 1.82) is 0 Å². The number of hydrogen-bond donors (Lipinski definition) is 1. The molecule has 0 radical (unpaired) electrons. The molecule has 3 aromatic rings. The lowest BCUT2D eigenvalue weighted by Crippen LogP contribution is -2.02. The Morgan fingerprint density at radius 1 is 1.15 bits per heavy atom. The Balaban J connectivity index is 2.09. The lowest BCUT2D eigenvalue weighted by Gasteiger charge is -2.06. The van der Waals surface area contributed by atoms with Crippen LogP contribution in [-0.4, -0.2) is 9.55 Å². The number of hydrogen-bond acceptors (Lipinski definition) is 2.